The molecule has 142 valence electrons. The lowest BCUT2D eigenvalue weighted by Gasteiger charge is -2.14. The predicted octanol–water partition coefficient (Wildman–Crippen LogP) is 4.30. The van der Waals surface area contributed by atoms with E-state index in [1.807, 2.05) is 0 Å². The molecule has 0 unspecified atom stereocenters. The van der Waals surface area contributed by atoms with Crippen molar-refractivity contribution in [2.45, 2.75) is 12.7 Å². The Bertz CT molecular complexity index is 894. The molecule has 0 aromatic heterocycles. The lowest BCUT2D eigenvalue weighted by molar-refractivity contribution is -0.138. The summed E-state index contributed by atoms with van der Waals surface area (Å²) in [5, 5.41) is 2.56. The van der Waals surface area contributed by atoms with Gasteiger partial charge in [-0.1, -0.05) is 29.8 Å². The van der Waals surface area contributed by atoms with Crippen molar-refractivity contribution in [3.8, 4) is 0 Å². The zero-order chi connectivity index (χ0) is 20.0. The zero-order valence-electron chi connectivity index (χ0n) is 13.7. The van der Waals surface area contributed by atoms with Crippen LogP contribution in [0.3, 0.4) is 0 Å². The van der Waals surface area contributed by atoms with Crippen LogP contribution >= 0.6 is 11.6 Å². The summed E-state index contributed by atoms with van der Waals surface area (Å²) in [5.41, 5.74) is 4.32. The molecule has 0 aliphatic heterocycles. The minimum atomic E-state index is -4.54. The van der Waals surface area contributed by atoms with E-state index in [-0.39, 0.29) is 28.5 Å². The summed E-state index contributed by atoms with van der Waals surface area (Å²) in [4.78, 5) is 15.3. The molecule has 0 aliphatic carbocycles. The van der Waals surface area contributed by atoms with Crippen LogP contribution in [0.2, 0.25) is 5.02 Å². The van der Waals surface area contributed by atoms with Gasteiger partial charge in [0.15, 0.2) is 0 Å². The molecule has 0 heterocycles. The normalized spacial score (nSPS) is 12.4. The highest BCUT2D eigenvalue weighted by atomic mass is 35.5. The van der Waals surface area contributed by atoms with Crippen LogP contribution in [0.25, 0.3) is 0 Å². The van der Waals surface area contributed by atoms with Gasteiger partial charge in [0.05, 0.1) is 11.1 Å². The monoisotopic (exact) mass is 399 g/mol. The highest BCUT2D eigenvalue weighted by Gasteiger charge is 2.33. The fourth-order valence-corrected chi connectivity index (χ4v) is 2.40. The van der Waals surface area contributed by atoms with E-state index in [0.717, 1.165) is 12.1 Å². The molecular weight excluding hydrogens is 386 g/mol. The second-order valence-corrected chi connectivity index (χ2v) is 5.71. The van der Waals surface area contributed by atoms with Gasteiger partial charge >= 0.3 is 6.18 Å². The first-order chi connectivity index (χ1) is 12.7. The Balaban J connectivity index is 2.04. The summed E-state index contributed by atoms with van der Waals surface area (Å²) >= 11 is 5.84. The number of rotatable bonds is 5. The molecule has 0 fully saturated rings. The predicted molar refractivity (Wildman–Crippen MR) is 94.8 cm³/mol. The van der Waals surface area contributed by atoms with Crippen LogP contribution in [0.15, 0.2) is 59.7 Å². The number of carbonyl (C=O) groups is 1. The molecular formula is C18H14ClF4N3O. The first kappa shape index (κ1) is 20.4. The molecule has 9 heteroatoms. The summed E-state index contributed by atoms with van der Waals surface area (Å²) in [5.74, 6) is -1.86. The number of amidine groups is 1. The first-order valence-electron chi connectivity index (χ1n) is 7.57. The molecule has 4 nitrogen and oxygen atoms in total. The third-order valence-electron chi connectivity index (χ3n) is 3.41. The Morgan fingerprint density at radius 3 is 2.56 bits per heavy atom. The van der Waals surface area contributed by atoms with E-state index in [1.165, 1.54) is 42.6 Å². The van der Waals surface area contributed by atoms with Crippen LogP contribution in [0.5, 0.6) is 0 Å². The molecule has 0 radical (unpaired) electrons. The van der Waals surface area contributed by atoms with Gasteiger partial charge in [-0.05, 0) is 30.3 Å². The Morgan fingerprint density at radius 2 is 1.89 bits per heavy atom. The SMILES string of the molecule is NC(/C=C\NCc1c(Cl)cccc1C(F)(F)F)=NC(=O)c1ccccc1F. The van der Waals surface area contributed by atoms with Gasteiger partial charge in [0.1, 0.15) is 11.7 Å². The highest BCUT2D eigenvalue weighted by molar-refractivity contribution is 6.31. The number of carbonyl (C=O) groups excluding carboxylic acids is 1. The number of hydrogen-bond donors (Lipinski definition) is 2. The summed E-state index contributed by atoms with van der Waals surface area (Å²) in [7, 11) is 0. The number of alkyl halides is 3. The molecule has 3 N–H and O–H groups in total. The molecule has 27 heavy (non-hydrogen) atoms. The van der Waals surface area contributed by atoms with Crippen molar-refractivity contribution in [3.63, 3.8) is 0 Å². The standard InChI is InChI=1S/C18H14ClF4N3O/c19-14-6-3-5-13(18(21,22)23)12(14)10-25-9-8-16(24)26-17(27)11-4-1-2-7-15(11)20/h1-9,25H,10H2,(H2,24,26,27)/b9-8-. The molecule has 0 bridgehead atoms. The molecule has 0 aliphatic rings. The van der Waals surface area contributed by atoms with Crippen molar-refractivity contribution in [3.05, 3.63) is 82.3 Å². The Labute approximate surface area is 157 Å². The second kappa shape index (κ2) is 8.68. The average molecular weight is 400 g/mol. The fraction of sp³-hybridized carbons (Fsp3) is 0.111. The van der Waals surface area contributed by atoms with E-state index in [1.54, 1.807) is 0 Å². The van der Waals surface area contributed by atoms with E-state index >= 15 is 0 Å². The van der Waals surface area contributed by atoms with Crippen molar-refractivity contribution in [2.24, 2.45) is 10.7 Å². The molecule has 0 saturated carbocycles. The topological polar surface area (TPSA) is 67.5 Å². The summed E-state index contributed by atoms with van der Waals surface area (Å²) in [6, 6.07) is 8.75. The van der Waals surface area contributed by atoms with Gasteiger partial charge < -0.3 is 11.1 Å². The molecule has 2 rings (SSSR count). The van der Waals surface area contributed by atoms with Gasteiger partial charge in [0, 0.05) is 23.3 Å². The Morgan fingerprint density at radius 1 is 1.19 bits per heavy atom. The molecule has 0 atom stereocenters. The maximum atomic E-state index is 13.5. The minimum absolute atomic E-state index is 0.0397. The van der Waals surface area contributed by atoms with Crippen LogP contribution < -0.4 is 11.1 Å². The van der Waals surface area contributed by atoms with Crippen molar-refractivity contribution in [2.75, 3.05) is 0 Å². The zero-order valence-corrected chi connectivity index (χ0v) is 14.5. The smallest absolute Gasteiger partial charge is 0.387 e. The number of hydrogen-bond acceptors (Lipinski definition) is 2. The van der Waals surface area contributed by atoms with Gasteiger partial charge in [-0.2, -0.15) is 18.2 Å². The number of amides is 1. The maximum absolute atomic E-state index is 13.5. The van der Waals surface area contributed by atoms with Crippen LogP contribution in [0.1, 0.15) is 21.5 Å². The van der Waals surface area contributed by atoms with Crippen LogP contribution in [0.4, 0.5) is 17.6 Å². The molecule has 1 amide bonds. The number of nitrogens with two attached hydrogens (primary N) is 1. The quantitative estimate of drug-likeness (QED) is 0.447. The summed E-state index contributed by atoms with van der Waals surface area (Å²) in [6.45, 7) is -0.223. The van der Waals surface area contributed by atoms with Crippen molar-refractivity contribution < 1.29 is 22.4 Å². The largest absolute Gasteiger partial charge is 0.416 e. The fourth-order valence-electron chi connectivity index (χ4n) is 2.16. The third kappa shape index (κ3) is 5.55. The van der Waals surface area contributed by atoms with Crippen LogP contribution in [-0.2, 0) is 12.7 Å². The minimum Gasteiger partial charge on any atom is -0.387 e. The number of nitrogens with one attached hydrogen (secondary N) is 1. The molecule has 2 aromatic carbocycles. The van der Waals surface area contributed by atoms with Crippen molar-refractivity contribution in [1.29, 1.82) is 0 Å². The second-order valence-electron chi connectivity index (χ2n) is 5.30. The molecule has 2 aromatic rings. The summed E-state index contributed by atoms with van der Waals surface area (Å²) in [6.07, 6.45) is -2.15. The van der Waals surface area contributed by atoms with Crippen molar-refractivity contribution in [1.82, 2.24) is 5.32 Å². The Kier molecular flexibility index (Phi) is 6.57. The number of aliphatic imine (C=N–C) groups is 1. The lowest BCUT2D eigenvalue weighted by Crippen LogP contribution is -2.16. The van der Waals surface area contributed by atoms with Gasteiger partial charge in [-0.25, -0.2) is 4.39 Å². The van der Waals surface area contributed by atoms with E-state index in [0.29, 0.717) is 0 Å². The number of halogens is 5. The van der Waals surface area contributed by atoms with Gasteiger partial charge in [-0.3, -0.25) is 4.79 Å². The van der Waals surface area contributed by atoms with E-state index in [2.05, 4.69) is 10.3 Å². The maximum Gasteiger partial charge on any atom is 0.416 e. The third-order valence-corrected chi connectivity index (χ3v) is 3.76. The molecule has 0 saturated heterocycles. The first-order valence-corrected chi connectivity index (χ1v) is 7.95. The Hall–Kier alpha value is -2.87. The molecule has 0 spiro atoms. The van der Waals surface area contributed by atoms with Gasteiger partial charge in [0.25, 0.3) is 5.91 Å². The highest BCUT2D eigenvalue weighted by Crippen LogP contribution is 2.34. The number of benzene rings is 2. The van der Waals surface area contributed by atoms with Gasteiger partial charge in [-0.15, -0.1) is 0 Å². The van der Waals surface area contributed by atoms with Crippen LogP contribution in [0, 0.1) is 5.82 Å². The lowest BCUT2D eigenvalue weighted by atomic mass is 10.1. The number of nitrogens with zero attached hydrogens (tertiary/aromatic N) is 1. The summed E-state index contributed by atoms with van der Waals surface area (Å²) < 4.78 is 52.5. The van der Waals surface area contributed by atoms with E-state index < -0.39 is 23.5 Å². The van der Waals surface area contributed by atoms with E-state index in [9.17, 15) is 22.4 Å². The van der Waals surface area contributed by atoms with Gasteiger partial charge in [0.2, 0.25) is 0 Å². The van der Waals surface area contributed by atoms with Crippen molar-refractivity contribution >= 4 is 23.3 Å². The van der Waals surface area contributed by atoms with Crippen LogP contribution in [-0.4, -0.2) is 11.7 Å². The van der Waals surface area contributed by atoms with E-state index in [4.69, 9.17) is 17.3 Å². The average Bonchev–Trinajstić information content (AvgIpc) is 2.59.